The van der Waals surface area contributed by atoms with E-state index in [2.05, 4.69) is 42.8 Å². The van der Waals surface area contributed by atoms with Crippen LogP contribution in [0.3, 0.4) is 0 Å². The van der Waals surface area contributed by atoms with E-state index in [1.165, 1.54) is 0 Å². The van der Waals surface area contributed by atoms with Crippen molar-refractivity contribution in [2.75, 3.05) is 0 Å². The number of halogens is 1. The van der Waals surface area contributed by atoms with Crippen molar-refractivity contribution in [3.8, 4) is 5.75 Å². The third kappa shape index (κ3) is 4.14. The van der Waals surface area contributed by atoms with Crippen LogP contribution in [-0.4, -0.2) is 11.1 Å². The van der Waals surface area contributed by atoms with Crippen LogP contribution in [0.15, 0.2) is 40.9 Å². The zero-order valence-corrected chi connectivity index (χ0v) is 15.4. The van der Waals surface area contributed by atoms with Gasteiger partial charge in [0.25, 0.3) is 0 Å². The number of carbonyl (C=O) groups is 1. The van der Waals surface area contributed by atoms with Gasteiger partial charge in [0, 0.05) is 11.1 Å². The van der Waals surface area contributed by atoms with Crippen molar-refractivity contribution in [3.63, 3.8) is 0 Å². The number of benzene rings is 2. The second-order valence-electron chi connectivity index (χ2n) is 6.62. The van der Waals surface area contributed by atoms with Crippen molar-refractivity contribution in [2.24, 2.45) is 0 Å². The van der Waals surface area contributed by atoms with Gasteiger partial charge in [0.05, 0.1) is 10.0 Å². The van der Waals surface area contributed by atoms with Gasteiger partial charge >= 0.3 is 5.97 Å². The number of rotatable bonds is 4. The van der Waals surface area contributed by atoms with Crippen LogP contribution < -0.4 is 4.74 Å². The van der Waals surface area contributed by atoms with Gasteiger partial charge in [-0.2, -0.15) is 0 Å². The molecule has 4 heteroatoms. The highest BCUT2D eigenvalue weighted by Crippen LogP contribution is 2.38. The number of aryl methyl sites for hydroxylation is 1. The molecule has 0 saturated heterocycles. The van der Waals surface area contributed by atoms with E-state index in [1.807, 2.05) is 19.1 Å². The summed E-state index contributed by atoms with van der Waals surface area (Å²) in [6.45, 7) is 8.65. The van der Waals surface area contributed by atoms with Crippen LogP contribution in [0.5, 0.6) is 5.75 Å². The van der Waals surface area contributed by atoms with E-state index in [9.17, 15) is 9.90 Å². The molecule has 122 valence electrons. The molecule has 2 aromatic rings. The van der Waals surface area contributed by atoms with E-state index in [0.717, 1.165) is 21.3 Å². The first-order chi connectivity index (χ1) is 10.7. The van der Waals surface area contributed by atoms with Crippen LogP contribution >= 0.6 is 15.9 Å². The van der Waals surface area contributed by atoms with E-state index in [1.54, 1.807) is 18.2 Å². The molecule has 0 spiro atoms. The number of ether oxygens (including phenoxy) is 1. The number of carboxylic acids is 1. The minimum atomic E-state index is -0.941. The molecule has 0 aliphatic rings. The maximum Gasteiger partial charge on any atom is 0.336 e. The molecule has 0 aromatic heterocycles. The van der Waals surface area contributed by atoms with Gasteiger partial charge in [-0.1, -0.05) is 45.0 Å². The Bertz CT molecular complexity index is 730. The van der Waals surface area contributed by atoms with Crippen molar-refractivity contribution < 1.29 is 14.6 Å². The molecule has 0 bridgehead atoms. The third-order valence-electron chi connectivity index (χ3n) is 3.62. The van der Waals surface area contributed by atoms with Crippen LogP contribution in [0.1, 0.15) is 47.8 Å². The Morgan fingerprint density at radius 1 is 1.22 bits per heavy atom. The first-order valence-corrected chi connectivity index (χ1v) is 8.24. The predicted molar refractivity (Wildman–Crippen MR) is 95.3 cm³/mol. The van der Waals surface area contributed by atoms with E-state index >= 15 is 0 Å². The summed E-state index contributed by atoms with van der Waals surface area (Å²) >= 11 is 3.57. The van der Waals surface area contributed by atoms with E-state index < -0.39 is 5.97 Å². The molecular formula is C19H21BrO3. The lowest BCUT2D eigenvalue weighted by molar-refractivity contribution is 0.0694. The normalized spacial score (nSPS) is 11.3. The van der Waals surface area contributed by atoms with Crippen molar-refractivity contribution in [2.45, 2.75) is 39.7 Å². The van der Waals surface area contributed by atoms with Gasteiger partial charge in [-0.05, 0) is 46.0 Å². The van der Waals surface area contributed by atoms with E-state index in [4.69, 9.17) is 4.74 Å². The maximum atomic E-state index is 11.3. The lowest BCUT2D eigenvalue weighted by Crippen LogP contribution is -2.15. The van der Waals surface area contributed by atoms with E-state index in [0.29, 0.717) is 5.56 Å². The van der Waals surface area contributed by atoms with Crippen molar-refractivity contribution in [1.82, 2.24) is 0 Å². The minimum absolute atomic E-state index is 0.0732. The van der Waals surface area contributed by atoms with Crippen LogP contribution in [0.4, 0.5) is 0 Å². The van der Waals surface area contributed by atoms with Gasteiger partial charge in [-0.15, -0.1) is 0 Å². The molecule has 0 aliphatic heterocycles. The molecular weight excluding hydrogens is 356 g/mol. The highest BCUT2D eigenvalue weighted by atomic mass is 79.9. The molecule has 0 radical (unpaired) electrons. The highest BCUT2D eigenvalue weighted by Gasteiger charge is 2.22. The topological polar surface area (TPSA) is 46.5 Å². The van der Waals surface area contributed by atoms with Crippen LogP contribution in [-0.2, 0) is 12.0 Å². The molecule has 0 saturated carbocycles. The summed E-state index contributed by atoms with van der Waals surface area (Å²) in [6.07, 6.45) is 0. The monoisotopic (exact) mass is 376 g/mol. The Balaban J connectivity index is 2.37. The summed E-state index contributed by atoms with van der Waals surface area (Å²) in [4.78, 5) is 11.3. The predicted octanol–water partition coefficient (Wildman–Crippen LogP) is 5.33. The fraction of sp³-hybridized carbons (Fsp3) is 0.316. The third-order valence-corrected chi connectivity index (χ3v) is 4.20. The molecule has 0 unspecified atom stereocenters. The largest absolute Gasteiger partial charge is 0.487 e. The van der Waals surface area contributed by atoms with Gasteiger partial charge in [0.2, 0.25) is 0 Å². The summed E-state index contributed by atoms with van der Waals surface area (Å²) in [5.41, 5.74) is 3.11. The number of hydrogen-bond acceptors (Lipinski definition) is 2. The van der Waals surface area contributed by atoms with Crippen LogP contribution in [0.25, 0.3) is 0 Å². The van der Waals surface area contributed by atoms with E-state index in [-0.39, 0.29) is 17.6 Å². The molecule has 3 nitrogen and oxygen atoms in total. The summed E-state index contributed by atoms with van der Waals surface area (Å²) in [7, 11) is 0. The Morgan fingerprint density at radius 3 is 2.48 bits per heavy atom. The molecule has 23 heavy (non-hydrogen) atoms. The Kier molecular flexibility index (Phi) is 5.15. The molecule has 0 heterocycles. The molecule has 2 aromatic carbocycles. The second-order valence-corrected chi connectivity index (χ2v) is 7.48. The van der Waals surface area contributed by atoms with Crippen LogP contribution in [0.2, 0.25) is 0 Å². The summed E-state index contributed by atoms with van der Waals surface area (Å²) < 4.78 is 6.90. The van der Waals surface area contributed by atoms with Crippen molar-refractivity contribution >= 4 is 21.9 Å². The standard InChI is InChI=1S/C19H21BrO3/c1-12-9-15(19(2,3)4)17(16(20)10-12)23-11-13-7-5-6-8-14(13)18(21)22/h5-10H,11H2,1-4H3,(H,21,22). The van der Waals surface area contributed by atoms with Gasteiger partial charge in [-0.3, -0.25) is 0 Å². The van der Waals surface area contributed by atoms with Crippen molar-refractivity contribution in [3.05, 3.63) is 63.1 Å². The molecule has 0 atom stereocenters. The van der Waals surface area contributed by atoms with Gasteiger partial charge in [-0.25, -0.2) is 4.79 Å². The molecule has 0 fully saturated rings. The number of aromatic carboxylic acids is 1. The maximum absolute atomic E-state index is 11.3. The first kappa shape index (κ1) is 17.5. The lowest BCUT2D eigenvalue weighted by Gasteiger charge is -2.24. The van der Waals surface area contributed by atoms with Gasteiger partial charge in [0.1, 0.15) is 12.4 Å². The average Bonchev–Trinajstić information content (AvgIpc) is 2.44. The SMILES string of the molecule is Cc1cc(Br)c(OCc2ccccc2C(=O)O)c(C(C)(C)C)c1. The fourth-order valence-electron chi connectivity index (χ4n) is 2.44. The fourth-order valence-corrected chi connectivity index (χ4v) is 3.13. The smallest absolute Gasteiger partial charge is 0.336 e. The van der Waals surface area contributed by atoms with Crippen LogP contribution in [0, 0.1) is 6.92 Å². The Labute approximate surface area is 145 Å². The zero-order valence-electron chi connectivity index (χ0n) is 13.8. The summed E-state index contributed by atoms with van der Waals surface area (Å²) in [5.74, 6) is -0.175. The zero-order chi connectivity index (χ0) is 17.2. The average molecular weight is 377 g/mol. The summed E-state index contributed by atoms with van der Waals surface area (Å²) in [6, 6.07) is 11.0. The second kappa shape index (κ2) is 6.75. The quantitative estimate of drug-likeness (QED) is 0.783. The molecule has 0 aliphatic carbocycles. The molecule has 2 rings (SSSR count). The molecule has 1 N–H and O–H groups in total. The van der Waals surface area contributed by atoms with Crippen molar-refractivity contribution in [1.29, 1.82) is 0 Å². The first-order valence-electron chi connectivity index (χ1n) is 7.45. The number of carboxylic acid groups (broad SMARTS) is 1. The lowest BCUT2D eigenvalue weighted by atomic mass is 9.85. The van der Waals surface area contributed by atoms with Gasteiger partial charge in [0.15, 0.2) is 0 Å². The summed E-state index contributed by atoms with van der Waals surface area (Å²) in [5, 5.41) is 9.27. The Hall–Kier alpha value is -1.81. The Morgan fingerprint density at radius 2 is 1.87 bits per heavy atom. The number of hydrogen-bond donors (Lipinski definition) is 1. The highest BCUT2D eigenvalue weighted by molar-refractivity contribution is 9.10. The molecule has 0 amide bonds. The minimum Gasteiger partial charge on any atom is -0.487 e. The van der Waals surface area contributed by atoms with Gasteiger partial charge < -0.3 is 9.84 Å².